The van der Waals surface area contributed by atoms with Gasteiger partial charge in [0.15, 0.2) is 5.78 Å². The summed E-state index contributed by atoms with van der Waals surface area (Å²) in [6.45, 7) is 5.83. The number of allylic oxidation sites excluding steroid dienone is 2. The van der Waals surface area contributed by atoms with Gasteiger partial charge in [-0.1, -0.05) is 32.0 Å². The van der Waals surface area contributed by atoms with E-state index in [-0.39, 0.29) is 17.1 Å². The molecule has 0 bridgehead atoms. The molecule has 2 aliphatic rings. The third kappa shape index (κ3) is 3.70. The van der Waals surface area contributed by atoms with Gasteiger partial charge < -0.3 is 5.32 Å². The smallest absolute Gasteiger partial charge is 0.234 e. The lowest BCUT2D eigenvalue weighted by Gasteiger charge is -2.39. The second-order valence-electron chi connectivity index (χ2n) is 8.76. The standard InChI is InChI=1S/C24H24FN3O2/c1-14-20(23(30)28-15-7-6-10-26-13-15)21(16-8-4-5-9-17(16)25)22-18(27-14)11-24(2,3)12-19(22)29/h4-10,13,20-21H,11-12H2,1-3H3,(H,28,30)/t20?,21-/m1/s1. The molecule has 30 heavy (non-hydrogen) atoms. The number of aliphatic imine (C=N–C) groups is 1. The molecule has 1 aromatic heterocycles. The Balaban J connectivity index is 1.83. The number of nitrogens with one attached hydrogen (secondary N) is 1. The van der Waals surface area contributed by atoms with Crippen LogP contribution in [0.2, 0.25) is 0 Å². The first-order valence-corrected chi connectivity index (χ1v) is 10.0. The molecule has 2 atom stereocenters. The highest BCUT2D eigenvalue weighted by atomic mass is 19.1. The molecule has 2 heterocycles. The van der Waals surface area contributed by atoms with Gasteiger partial charge in [0.05, 0.1) is 17.8 Å². The van der Waals surface area contributed by atoms with Crippen LogP contribution in [0.3, 0.4) is 0 Å². The van der Waals surface area contributed by atoms with Crippen LogP contribution in [-0.2, 0) is 9.59 Å². The summed E-state index contributed by atoms with van der Waals surface area (Å²) in [6.07, 6.45) is 4.13. The van der Waals surface area contributed by atoms with Gasteiger partial charge in [0.1, 0.15) is 5.82 Å². The van der Waals surface area contributed by atoms with E-state index in [1.807, 2.05) is 13.8 Å². The van der Waals surface area contributed by atoms with E-state index >= 15 is 0 Å². The second kappa shape index (κ2) is 7.59. The van der Waals surface area contributed by atoms with Crippen molar-refractivity contribution in [3.05, 3.63) is 71.4 Å². The Hall–Kier alpha value is -3.15. The number of Topliss-reactive ketones (excluding diaryl/α,β-unsaturated/α-hetero) is 1. The molecular weight excluding hydrogens is 381 g/mol. The van der Waals surface area contributed by atoms with Gasteiger partial charge in [-0.2, -0.15) is 0 Å². The molecule has 0 fully saturated rings. The van der Waals surface area contributed by atoms with Gasteiger partial charge in [0, 0.05) is 35.5 Å². The maximum atomic E-state index is 14.9. The molecule has 6 heteroatoms. The van der Waals surface area contributed by atoms with E-state index in [0.717, 1.165) is 0 Å². The van der Waals surface area contributed by atoms with Crippen LogP contribution in [0.5, 0.6) is 0 Å². The van der Waals surface area contributed by atoms with E-state index in [1.165, 1.54) is 6.07 Å². The minimum Gasteiger partial charge on any atom is -0.324 e. The van der Waals surface area contributed by atoms with Crippen LogP contribution in [0, 0.1) is 17.2 Å². The molecule has 2 aromatic rings. The number of pyridine rings is 1. The summed E-state index contributed by atoms with van der Waals surface area (Å²) >= 11 is 0. The monoisotopic (exact) mass is 405 g/mol. The Kier molecular flexibility index (Phi) is 5.10. The van der Waals surface area contributed by atoms with E-state index in [2.05, 4.69) is 15.3 Å². The highest BCUT2D eigenvalue weighted by molar-refractivity contribution is 6.13. The lowest BCUT2D eigenvalue weighted by atomic mass is 9.66. The third-order valence-electron chi connectivity index (χ3n) is 5.75. The van der Waals surface area contributed by atoms with E-state index in [9.17, 15) is 14.0 Å². The van der Waals surface area contributed by atoms with Crippen molar-refractivity contribution < 1.29 is 14.0 Å². The molecule has 0 saturated carbocycles. The van der Waals surface area contributed by atoms with Gasteiger partial charge in [-0.15, -0.1) is 0 Å². The maximum absolute atomic E-state index is 14.9. The quantitative estimate of drug-likeness (QED) is 0.806. The lowest BCUT2D eigenvalue weighted by Crippen LogP contribution is -2.41. The number of anilines is 1. The average Bonchev–Trinajstić information content (AvgIpc) is 2.67. The molecule has 5 nitrogen and oxygen atoms in total. The zero-order valence-corrected chi connectivity index (χ0v) is 17.3. The van der Waals surface area contributed by atoms with E-state index in [4.69, 9.17) is 0 Å². The predicted molar refractivity (Wildman–Crippen MR) is 114 cm³/mol. The number of aromatic nitrogens is 1. The number of ketones is 1. The minimum atomic E-state index is -0.786. The largest absolute Gasteiger partial charge is 0.324 e. The van der Waals surface area contributed by atoms with E-state index in [1.54, 1.807) is 49.6 Å². The number of carbonyl (C=O) groups is 2. The number of nitrogens with zero attached hydrogens (tertiary/aromatic N) is 2. The Morgan fingerprint density at radius 3 is 2.63 bits per heavy atom. The Bertz CT molecular complexity index is 1070. The Labute approximate surface area is 175 Å². The fraction of sp³-hybridized carbons (Fsp3) is 0.333. The minimum absolute atomic E-state index is 0.0649. The predicted octanol–water partition coefficient (Wildman–Crippen LogP) is 4.68. The van der Waals surface area contributed by atoms with E-state index in [0.29, 0.717) is 41.1 Å². The molecule has 1 aliphatic heterocycles. The summed E-state index contributed by atoms with van der Waals surface area (Å²) in [5, 5.41) is 2.85. The first-order valence-electron chi connectivity index (χ1n) is 10.0. The van der Waals surface area contributed by atoms with Crippen LogP contribution in [0.15, 0.2) is 65.1 Å². The number of hydrogen-bond acceptors (Lipinski definition) is 4. The van der Waals surface area contributed by atoms with Crippen molar-refractivity contribution >= 4 is 23.1 Å². The Morgan fingerprint density at radius 2 is 1.93 bits per heavy atom. The van der Waals surface area contributed by atoms with Crippen LogP contribution in [-0.4, -0.2) is 22.4 Å². The number of hydrogen-bond donors (Lipinski definition) is 1. The number of rotatable bonds is 3. The third-order valence-corrected chi connectivity index (χ3v) is 5.75. The van der Waals surface area contributed by atoms with Crippen LogP contribution >= 0.6 is 0 Å². The van der Waals surface area contributed by atoms with Crippen molar-refractivity contribution in [1.82, 2.24) is 4.98 Å². The first kappa shape index (κ1) is 20.1. The number of halogens is 1. The molecule has 0 radical (unpaired) electrons. The molecule has 4 rings (SSSR count). The number of benzene rings is 1. The van der Waals surface area contributed by atoms with Gasteiger partial charge in [0.25, 0.3) is 0 Å². The summed E-state index contributed by atoms with van der Waals surface area (Å²) in [5.74, 6) is -2.32. The van der Waals surface area contributed by atoms with Gasteiger partial charge in [-0.3, -0.25) is 19.6 Å². The number of amides is 1. The van der Waals surface area contributed by atoms with Crippen molar-refractivity contribution in [2.45, 2.75) is 39.5 Å². The van der Waals surface area contributed by atoms with Crippen molar-refractivity contribution in [3.8, 4) is 0 Å². The molecular formula is C24H24FN3O2. The molecule has 1 amide bonds. The average molecular weight is 405 g/mol. The normalized spacial score (nSPS) is 22.9. The van der Waals surface area contributed by atoms with Gasteiger partial charge in [-0.05, 0) is 42.5 Å². The first-order chi connectivity index (χ1) is 14.3. The topological polar surface area (TPSA) is 71.4 Å². The van der Waals surface area contributed by atoms with Crippen LogP contribution < -0.4 is 5.32 Å². The SMILES string of the molecule is CC1=NC2=C(C(=O)CC(C)(C)C2)[C@H](c2ccccc2F)C1C(=O)Nc1cccnc1. The highest BCUT2D eigenvalue weighted by Crippen LogP contribution is 2.48. The maximum Gasteiger partial charge on any atom is 0.234 e. The molecule has 1 aliphatic carbocycles. The van der Waals surface area contributed by atoms with Crippen molar-refractivity contribution in [2.24, 2.45) is 16.3 Å². The van der Waals surface area contributed by atoms with E-state index < -0.39 is 17.7 Å². The van der Waals surface area contributed by atoms with Crippen LogP contribution in [0.25, 0.3) is 0 Å². The fourth-order valence-electron chi connectivity index (χ4n) is 4.50. The molecule has 1 aromatic carbocycles. The summed E-state index contributed by atoms with van der Waals surface area (Å²) in [5.41, 5.74) is 2.39. The summed E-state index contributed by atoms with van der Waals surface area (Å²) in [6, 6.07) is 9.81. The molecule has 1 unspecified atom stereocenters. The second-order valence-corrected chi connectivity index (χ2v) is 8.76. The molecule has 1 N–H and O–H groups in total. The molecule has 0 spiro atoms. The molecule has 154 valence electrons. The van der Waals surface area contributed by atoms with Crippen LogP contribution in [0.4, 0.5) is 10.1 Å². The van der Waals surface area contributed by atoms with Gasteiger partial charge >= 0.3 is 0 Å². The Morgan fingerprint density at radius 1 is 1.17 bits per heavy atom. The lowest BCUT2D eigenvalue weighted by molar-refractivity contribution is -0.119. The van der Waals surface area contributed by atoms with Crippen LogP contribution in [0.1, 0.15) is 45.1 Å². The highest BCUT2D eigenvalue weighted by Gasteiger charge is 2.46. The van der Waals surface area contributed by atoms with Crippen molar-refractivity contribution in [3.63, 3.8) is 0 Å². The van der Waals surface area contributed by atoms with Crippen molar-refractivity contribution in [1.29, 1.82) is 0 Å². The van der Waals surface area contributed by atoms with Gasteiger partial charge in [-0.25, -0.2) is 4.39 Å². The molecule has 0 saturated heterocycles. The number of carbonyl (C=O) groups excluding carboxylic acids is 2. The zero-order valence-electron chi connectivity index (χ0n) is 17.3. The van der Waals surface area contributed by atoms with Gasteiger partial charge in [0.2, 0.25) is 5.91 Å². The van der Waals surface area contributed by atoms with Crippen molar-refractivity contribution in [2.75, 3.05) is 5.32 Å². The summed E-state index contributed by atoms with van der Waals surface area (Å²) in [7, 11) is 0. The fourth-order valence-corrected chi connectivity index (χ4v) is 4.50. The zero-order chi connectivity index (χ0) is 21.5. The summed E-state index contributed by atoms with van der Waals surface area (Å²) in [4.78, 5) is 35.2. The summed E-state index contributed by atoms with van der Waals surface area (Å²) < 4.78 is 14.9.